The molecule has 0 spiro atoms. The van der Waals surface area contributed by atoms with E-state index in [0.717, 1.165) is 29.4 Å². The summed E-state index contributed by atoms with van der Waals surface area (Å²) < 4.78 is 2.24. The van der Waals surface area contributed by atoms with Gasteiger partial charge in [-0.15, -0.1) is 0 Å². The highest BCUT2D eigenvalue weighted by Crippen LogP contribution is 2.23. The van der Waals surface area contributed by atoms with Crippen LogP contribution in [0.5, 0.6) is 0 Å². The Bertz CT molecular complexity index is 565. The van der Waals surface area contributed by atoms with Gasteiger partial charge in [-0.1, -0.05) is 26.8 Å². The van der Waals surface area contributed by atoms with Gasteiger partial charge < -0.3 is 4.57 Å². The van der Waals surface area contributed by atoms with Crippen molar-refractivity contribution in [3.8, 4) is 6.07 Å². The maximum Gasteiger partial charge on any atom is 0.0998 e. The van der Waals surface area contributed by atoms with Gasteiger partial charge in [0.1, 0.15) is 0 Å². The molecule has 0 saturated carbocycles. The van der Waals surface area contributed by atoms with Crippen LogP contribution in [0.25, 0.3) is 10.9 Å². The van der Waals surface area contributed by atoms with Gasteiger partial charge in [0, 0.05) is 23.6 Å². The highest BCUT2D eigenvalue weighted by molar-refractivity contribution is 5.85. The highest BCUT2D eigenvalue weighted by atomic mass is 14.9. The number of fused-ring (bicyclic) bond motifs is 1. The Morgan fingerprint density at radius 3 is 2.65 bits per heavy atom. The Labute approximate surface area is 102 Å². The van der Waals surface area contributed by atoms with Crippen LogP contribution in [0.1, 0.15) is 32.8 Å². The summed E-state index contributed by atoms with van der Waals surface area (Å²) in [7, 11) is 0. The van der Waals surface area contributed by atoms with E-state index in [2.05, 4.69) is 43.7 Å². The maximum atomic E-state index is 9.04. The fourth-order valence-electron chi connectivity index (χ4n) is 1.97. The summed E-state index contributed by atoms with van der Waals surface area (Å²) in [4.78, 5) is 0. The standard InChI is InChI=1S/C15H18N2/c1-15(2,3)8-10-17-9-7-13-12(11-16)5-4-6-14(13)17/h4-7,9H,8,10H2,1-3H3. The second kappa shape index (κ2) is 4.25. The van der Waals surface area contributed by atoms with Crippen LogP contribution in [0.4, 0.5) is 0 Å². The van der Waals surface area contributed by atoms with Crippen LogP contribution < -0.4 is 0 Å². The molecule has 1 heterocycles. The van der Waals surface area contributed by atoms with Crippen molar-refractivity contribution in [1.82, 2.24) is 4.57 Å². The lowest BCUT2D eigenvalue weighted by atomic mass is 9.92. The zero-order valence-corrected chi connectivity index (χ0v) is 10.7. The summed E-state index contributed by atoms with van der Waals surface area (Å²) in [6.45, 7) is 7.75. The van der Waals surface area contributed by atoms with Crippen LogP contribution in [0.15, 0.2) is 30.5 Å². The van der Waals surface area contributed by atoms with E-state index in [1.165, 1.54) is 0 Å². The Balaban J connectivity index is 2.35. The lowest BCUT2D eigenvalue weighted by Gasteiger charge is -2.18. The van der Waals surface area contributed by atoms with Gasteiger partial charge in [0.2, 0.25) is 0 Å². The zero-order chi connectivity index (χ0) is 12.5. The van der Waals surface area contributed by atoms with Crippen molar-refractivity contribution in [3.05, 3.63) is 36.0 Å². The second-order valence-electron chi connectivity index (χ2n) is 5.67. The van der Waals surface area contributed by atoms with Crippen LogP contribution in [0, 0.1) is 16.7 Å². The molecule has 17 heavy (non-hydrogen) atoms. The van der Waals surface area contributed by atoms with E-state index in [0.29, 0.717) is 5.41 Å². The van der Waals surface area contributed by atoms with Gasteiger partial charge in [-0.3, -0.25) is 0 Å². The molecule has 0 radical (unpaired) electrons. The molecule has 2 nitrogen and oxygen atoms in total. The molecule has 0 N–H and O–H groups in total. The quantitative estimate of drug-likeness (QED) is 0.762. The third kappa shape index (κ3) is 2.50. The molecule has 2 aromatic rings. The van der Waals surface area contributed by atoms with Crippen molar-refractivity contribution in [3.63, 3.8) is 0 Å². The van der Waals surface area contributed by atoms with E-state index in [4.69, 9.17) is 5.26 Å². The van der Waals surface area contributed by atoms with Crippen LogP contribution in [0.2, 0.25) is 0 Å². The Morgan fingerprint density at radius 1 is 1.24 bits per heavy atom. The molecule has 88 valence electrons. The van der Waals surface area contributed by atoms with Crippen molar-refractivity contribution >= 4 is 10.9 Å². The summed E-state index contributed by atoms with van der Waals surface area (Å²) in [5.74, 6) is 0. The number of rotatable bonds is 2. The molecule has 0 aliphatic rings. The highest BCUT2D eigenvalue weighted by Gasteiger charge is 2.11. The third-order valence-corrected chi connectivity index (χ3v) is 3.04. The first kappa shape index (κ1) is 11.7. The van der Waals surface area contributed by atoms with Crippen LogP contribution >= 0.6 is 0 Å². The molecule has 2 rings (SSSR count). The minimum absolute atomic E-state index is 0.337. The Kier molecular flexibility index (Phi) is 2.93. The molecule has 1 aromatic heterocycles. The lowest BCUT2D eigenvalue weighted by Crippen LogP contribution is -2.09. The SMILES string of the molecule is CC(C)(C)CCn1ccc2c(C#N)cccc21. The van der Waals surface area contributed by atoms with Gasteiger partial charge in [-0.25, -0.2) is 0 Å². The first-order chi connectivity index (χ1) is 8.01. The lowest BCUT2D eigenvalue weighted by molar-refractivity contribution is 0.353. The number of hydrogen-bond donors (Lipinski definition) is 0. The molecule has 0 fully saturated rings. The maximum absolute atomic E-state index is 9.04. The van der Waals surface area contributed by atoms with E-state index >= 15 is 0 Å². The van der Waals surface area contributed by atoms with Crippen LogP contribution in [-0.2, 0) is 6.54 Å². The number of aromatic nitrogens is 1. The van der Waals surface area contributed by atoms with E-state index in [1.807, 2.05) is 18.2 Å². The molecule has 2 heteroatoms. The summed E-state index contributed by atoms with van der Waals surface area (Å²) in [5.41, 5.74) is 2.26. The van der Waals surface area contributed by atoms with Crippen molar-refractivity contribution < 1.29 is 0 Å². The van der Waals surface area contributed by atoms with E-state index in [-0.39, 0.29) is 0 Å². The largest absolute Gasteiger partial charge is 0.347 e. The van der Waals surface area contributed by atoms with Crippen molar-refractivity contribution in [2.24, 2.45) is 5.41 Å². The molecular weight excluding hydrogens is 208 g/mol. The zero-order valence-electron chi connectivity index (χ0n) is 10.7. The normalized spacial score (nSPS) is 11.6. The van der Waals surface area contributed by atoms with Crippen molar-refractivity contribution in [1.29, 1.82) is 5.26 Å². The topological polar surface area (TPSA) is 28.7 Å². The fraction of sp³-hybridized carbons (Fsp3) is 0.400. The van der Waals surface area contributed by atoms with Gasteiger partial charge >= 0.3 is 0 Å². The molecule has 0 atom stereocenters. The molecule has 0 amide bonds. The van der Waals surface area contributed by atoms with Gasteiger partial charge in [0.25, 0.3) is 0 Å². The fourth-order valence-corrected chi connectivity index (χ4v) is 1.97. The molecule has 0 unspecified atom stereocenters. The van der Waals surface area contributed by atoms with Gasteiger partial charge in [-0.2, -0.15) is 5.26 Å². The van der Waals surface area contributed by atoms with Gasteiger partial charge in [0.05, 0.1) is 11.6 Å². The smallest absolute Gasteiger partial charge is 0.0998 e. The first-order valence-corrected chi connectivity index (χ1v) is 5.99. The molecule has 0 saturated heterocycles. The van der Waals surface area contributed by atoms with Gasteiger partial charge in [-0.05, 0) is 30.0 Å². The van der Waals surface area contributed by atoms with E-state index < -0.39 is 0 Å². The molecule has 0 aliphatic carbocycles. The van der Waals surface area contributed by atoms with Crippen LogP contribution in [0.3, 0.4) is 0 Å². The van der Waals surface area contributed by atoms with Crippen LogP contribution in [-0.4, -0.2) is 4.57 Å². The van der Waals surface area contributed by atoms with Gasteiger partial charge in [0.15, 0.2) is 0 Å². The summed E-state index contributed by atoms with van der Waals surface area (Å²) >= 11 is 0. The average molecular weight is 226 g/mol. The summed E-state index contributed by atoms with van der Waals surface area (Å²) in [5, 5.41) is 10.1. The monoisotopic (exact) mass is 226 g/mol. The van der Waals surface area contributed by atoms with E-state index in [1.54, 1.807) is 0 Å². The Hall–Kier alpha value is -1.75. The second-order valence-corrected chi connectivity index (χ2v) is 5.67. The molecule has 1 aromatic carbocycles. The number of benzene rings is 1. The number of nitrogens with zero attached hydrogens (tertiary/aromatic N) is 2. The predicted molar refractivity (Wildman–Crippen MR) is 70.7 cm³/mol. The number of nitriles is 1. The number of aryl methyl sites for hydroxylation is 1. The first-order valence-electron chi connectivity index (χ1n) is 5.99. The number of hydrogen-bond acceptors (Lipinski definition) is 1. The third-order valence-electron chi connectivity index (χ3n) is 3.04. The van der Waals surface area contributed by atoms with E-state index in [9.17, 15) is 0 Å². The van der Waals surface area contributed by atoms with Crippen molar-refractivity contribution in [2.75, 3.05) is 0 Å². The molecular formula is C15H18N2. The minimum Gasteiger partial charge on any atom is -0.347 e. The average Bonchev–Trinajstić information content (AvgIpc) is 2.68. The molecule has 0 bridgehead atoms. The Morgan fingerprint density at radius 2 is 2.00 bits per heavy atom. The predicted octanol–water partition coefficient (Wildman–Crippen LogP) is 3.95. The summed E-state index contributed by atoms with van der Waals surface area (Å²) in [6.07, 6.45) is 3.21. The minimum atomic E-state index is 0.337. The summed E-state index contributed by atoms with van der Waals surface area (Å²) in [6, 6.07) is 10.2. The van der Waals surface area contributed by atoms with Crippen molar-refractivity contribution in [2.45, 2.75) is 33.7 Å². The molecule has 0 aliphatic heterocycles.